The van der Waals surface area contributed by atoms with Gasteiger partial charge < -0.3 is 50.4 Å². The second-order valence-corrected chi connectivity index (χ2v) is 19.1. The highest BCUT2D eigenvalue weighted by Gasteiger charge is 2.36. The predicted octanol–water partition coefficient (Wildman–Crippen LogP) is -10.1. The molecule has 0 radical (unpaired) electrons. The molecule has 0 spiro atoms. The van der Waals surface area contributed by atoms with Gasteiger partial charge in [-0.15, -0.1) is 0 Å². The van der Waals surface area contributed by atoms with Crippen LogP contribution in [0, 0.1) is 11.8 Å². The van der Waals surface area contributed by atoms with Crippen molar-refractivity contribution < 1.29 is 52.7 Å². The number of hydrazine groups is 4. The lowest BCUT2D eigenvalue weighted by Crippen LogP contribution is -2.59. The van der Waals surface area contributed by atoms with Crippen LogP contribution in [0.1, 0.15) is 86.0 Å². The zero-order valence-electron chi connectivity index (χ0n) is 45.4. The Morgan fingerprint density at radius 1 is 0.403 bits per heavy atom. The molecule has 77 heavy (non-hydrogen) atoms. The van der Waals surface area contributed by atoms with Crippen LogP contribution in [-0.2, 0) is 52.7 Å². The second kappa shape index (κ2) is 41.3. The van der Waals surface area contributed by atoms with Crippen molar-refractivity contribution >= 4 is 63.9 Å². The molecule has 442 valence electrons. The lowest BCUT2D eigenvalue weighted by atomic mass is 9.93. The van der Waals surface area contributed by atoms with Crippen LogP contribution in [0.3, 0.4) is 0 Å². The van der Waals surface area contributed by atoms with E-state index in [0.29, 0.717) is 13.0 Å². The quantitative estimate of drug-likeness (QED) is 0.00884. The normalized spacial score (nSPS) is 14.1. The first kappa shape index (κ1) is 72.2. The molecule has 0 aromatic carbocycles. The van der Waals surface area contributed by atoms with Crippen molar-refractivity contribution in [3.8, 4) is 0 Å². The lowest BCUT2D eigenvalue weighted by molar-refractivity contribution is -0.141. The van der Waals surface area contributed by atoms with Gasteiger partial charge in [-0.05, 0) is 96.8 Å². The molecular formula is C45H91N21O11. The largest absolute Gasteiger partial charge is 0.344 e. The van der Waals surface area contributed by atoms with Crippen LogP contribution in [0.25, 0.3) is 0 Å². The Bertz CT molecular complexity index is 1880. The molecule has 0 aliphatic heterocycles. The molecule has 0 aromatic rings. The summed E-state index contributed by atoms with van der Waals surface area (Å²) in [5.74, 6) is -4.39. The number of amides is 2. The molecule has 28 N–H and O–H groups in total. The number of hydrogen-bond donors (Lipinski definition) is 21. The van der Waals surface area contributed by atoms with E-state index in [4.69, 9.17) is 40.2 Å². The topological polar surface area (TPSA) is 538 Å². The van der Waals surface area contributed by atoms with Crippen LogP contribution in [0.5, 0.6) is 0 Å². The van der Waals surface area contributed by atoms with Gasteiger partial charge in [-0.1, -0.05) is 27.7 Å². The van der Waals surface area contributed by atoms with E-state index in [1.54, 1.807) is 41.7 Å². The molecule has 0 rings (SSSR count). The van der Waals surface area contributed by atoms with E-state index in [-0.39, 0.29) is 88.7 Å². The number of Topliss-reactive ketones (excluding diaryl/α,β-unsaturated/α-hetero) is 9. The third kappa shape index (κ3) is 33.3. The summed E-state index contributed by atoms with van der Waals surface area (Å²) in [7, 11) is 1.62. The summed E-state index contributed by atoms with van der Waals surface area (Å²) in [6.07, 6.45) is -1.51. The van der Waals surface area contributed by atoms with Gasteiger partial charge in [-0.3, -0.25) is 85.3 Å². The van der Waals surface area contributed by atoms with Gasteiger partial charge in [-0.2, -0.15) is 0 Å². The fraction of sp³-hybridized carbons (Fsp3) is 0.756. The van der Waals surface area contributed by atoms with E-state index in [1.807, 2.05) is 5.43 Å². The van der Waals surface area contributed by atoms with E-state index in [1.165, 1.54) is 0 Å². The number of nitrogens with one attached hydrogen (secondary N) is 14. The monoisotopic (exact) mass is 1100 g/mol. The molecule has 0 unspecified atom stereocenters. The number of likely N-dealkylation sites (N-methyl/N-ethyl adjacent to an activating group) is 1. The predicted molar refractivity (Wildman–Crippen MR) is 284 cm³/mol. The number of nitrogens with two attached hydrogens (primary N) is 7. The molecule has 0 aliphatic carbocycles. The maximum Gasteiger partial charge on any atom is 0.239 e. The molecule has 0 heterocycles. The number of hydrogen-bond acceptors (Lipinski definition) is 30. The first-order valence-corrected chi connectivity index (χ1v) is 25.7. The molecule has 0 aromatic heterocycles. The van der Waals surface area contributed by atoms with E-state index in [0.717, 1.165) is 0 Å². The summed E-state index contributed by atoms with van der Waals surface area (Å²) < 4.78 is 0. The molecule has 0 bridgehead atoms. The molecule has 32 heteroatoms. The van der Waals surface area contributed by atoms with Crippen LogP contribution < -0.4 is 115 Å². The first-order chi connectivity index (χ1) is 36.2. The Labute approximate surface area is 450 Å². The summed E-state index contributed by atoms with van der Waals surface area (Å²) in [5.41, 5.74) is 51.0. The summed E-state index contributed by atoms with van der Waals surface area (Å²) in [6.45, 7) is 6.79. The zero-order valence-corrected chi connectivity index (χ0v) is 45.4. The van der Waals surface area contributed by atoms with Gasteiger partial charge in [0.1, 0.15) is 18.9 Å². The van der Waals surface area contributed by atoms with Gasteiger partial charge in [0.05, 0.1) is 75.5 Å². The van der Waals surface area contributed by atoms with Gasteiger partial charge in [-0.25, -0.2) is 32.6 Å². The number of carbonyl (C=O) groups excluding carboxylic acids is 11. The fourth-order valence-electron chi connectivity index (χ4n) is 6.96. The van der Waals surface area contributed by atoms with E-state index in [9.17, 15) is 52.7 Å². The number of rotatable bonds is 50. The summed E-state index contributed by atoms with van der Waals surface area (Å²) in [6, 6.07) is -6.73. The highest BCUT2D eigenvalue weighted by molar-refractivity contribution is 6.42. The van der Waals surface area contributed by atoms with E-state index < -0.39 is 139 Å². The smallest absolute Gasteiger partial charge is 0.239 e. The Kier molecular flexibility index (Phi) is 38.7. The van der Waals surface area contributed by atoms with Crippen molar-refractivity contribution in [1.29, 1.82) is 0 Å². The summed E-state index contributed by atoms with van der Waals surface area (Å²) in [5, 5.41) is 19.7. The second-order valence-electron chi connectivity index (χ2n) is 19.1. The molecule has 0 fully saturated rings. The summed E-state index contributed by atoms with van der Waals surface area (Å²) in [4.78, 5) is 144. The SMILES string of the molecule is CN[C@@H](C)C(=O)CN[C@@H](CCCNC(N)N)C(=O)N[C@@H](CC(C)C)C(=O)C(=O)[C@H](CCCNC(N)N)NC(=O)[C@H](CCCNC(N)N)NN[C@@H](CC(C)C)C(=O)C(=O)CNNCC(=O)C(=O)CNNCC(=O)C(=O)CNN. The standard InChI is InChI=1S/C45H91N21O11/c1-24(2)16-30(64-41(76)28(11-8-14-55-44(48)49)57-18-32(67)26(5)53-6)40(75)39(74)27(10-7-13-54-43(46)47)63-42(77)29(12-9-15-56-45(50)51)65-66-31(17-25(3)4)38(73)37(72)23-62-61-22-36(71)35(70)21-60-59-20-34(69)33(68)19-58-52/h24-31,43-45,53-62,65-66H,7-23,46-52H2,1-6H3,(H,63,77)(H,64,76)/t26-,27-,28-,29-,30-,31-/m0/s1. The number of carbonyl (C=O) groups is 11. The minimum absolute atomic E-state index is 0.0321. The van der Waals surface area contributed by atoms with Gasteiger partial charge in [0.2, 0.25) is 58.1 Å². The lowest BCUT2D eigenvalue weighted by Gasteiger charge is -2.27. The van der Waals surface area contributed by atoms with Gasteiger partial charge >= 0.3 is 0 Å². The van der Waals surface area contributed by atoms with E-state index >= 15 is 0 Å². The van der Waals surface area contributed by atoms with Crippen LogP contribution in [0.4, 0.5) is 0 Å². The fourth-order valence-corrected chi connectivity index (χ4v) is 6.96. The average molecular weight is 1100 g/mol. The van der Waals surface area contributed by atoms with E-state index in [2.05, 4.69) is 69.8 Å². The van der Waals surface area contributed by atoms with Crippen molar-refractivity contribution in [1.82, 2.24) is 75.2 Å². The Balaban J connectivity index is 6.38. The zero-order chi connectivity index (χ0) is 58.6. The molecular weight excluding hydrogens is 1010 g/mol. The van der Waals surface area contributed by atoms with Crippen molar-refractivity contribution in [3.63, 3.8) is 0 Å². The van der Waals surface area contributed by atoms with Crippen LogP contribution in [-0.4, -0.2) is 185 Å². The van der Waals surface area contributed by atoms with Crippen LogP contribution in [0.15, 0.2) is 0 Å². The van der Waals surface area contributed by atoms with Crippen molar-refractivity contribution in [2.24, 2.45) is 52.1 Å². The highest BCUT2D eigenvalue weighted by atomic mass is 16.2. The summed E-state index contributed by atoms with van der Waals surface area (Å²) >= 11 is 0. The van der Waals surface area contributed by atoms with Crippen molar-refractivity contribution in [2.75, 3.05) is 66.0 Å². The van der Waals surface area contributed by atoms with Crippen LogP contribution >= 0.6 is 0 Å². The molecule has 0 saturated carbocycles. The first-order valence-electron chi connectivity index (χ1n) is 25.7. The minimum Gasteiger partial charge on any atom is -0.344 e. The third-order valence-corrected chi connectivity index (χ3v) is 11.3. The Morgan fingerprint density at radius 2 is 0.766 bits per heavy atom. The Hall–Kier alpha value is -4.79. The average Bonchev–Trinajstić information content (AvgIpc) is 3.36. The van der Waals surface area contributed by atoms with Gasteiger partial charge in [0.15, 0.2) is 5.78 Å². The Morgan fingerprint density at radius 3 is 1.19 bits per heavy atom. The molecule has 6 atom stereocenters. The maximum atomic E-state index is 14.4. The van der Waals surface area contributed by atoms with Crippen molar-refractivity contribution in [3.05, 3.63) is 0 Å². The minimum atomic E-state index is -1.45. The number of ketones is 9. The van der Waals surface area contributed by atoms with Gasteiger partial charge in [0, 0.05) is 0 Å². The molecule has 0 saturated heterocycles. The molecule has 32 nitrogen and oxygen atoms in total. The molecule has 2 amide bonds. The van der Waals surface area contributed by atoms with Crippen molar-refractivity contribution in [2.45, 2.75) is 141 Å². The highest BCUT2D eigenvalue weighted by Crippen LogP contribution is 2.12. The molecule has 0 aliphatic rings. The third-order valence-electron chi connectivity index (χ3n) is 11.3. The van der Waals surface area contributed by atoms with Crippen LogP contribution in [0.2, 0.25) is 0 Å². The maximum absolute atomic E-state index is 14.4. The van der Waals surface area contributed by atoms with Gasteiger partial charge in [0.25, 0.3) is 0 Å².